The molecule has 0 aliphatic carbocycles. The predicted molar refractivity (Wildman–Crippen MR) is 100 cm³/mol. The van der Waals surface area contributed by atoms with E-state index in [1.807, 2.05) is 31.3 Å². The normalized spacial score (nSPS) is 16.1. The van der Waals surface area contributed by atoms with Crippen molar-refractivity contribution in [3.8, 4) is 0 Å². The highest BCUT2D eigenvalue weighted by atomic mass is 16.2. The number of hydrogen-bond acceptors (Lipinski definition) is 4. The second kappa shape index (κ2) is 7.29. The number of hydrogen-bond donors (Lipinski definition) is 2. The molecule has 0 saturated carbocycles. The molecule has 1 aliphatic heterocycles. The molecule has 138 valence electrons. The lowest BCUT2D eigenvalue weighted by molar-refractivity contribution is -0.126. The number of rotatable bonds is 4. The van der Waals surface area contributed by atoms with Crippen molar-refractivity contribution in [1.29, 1.82) is 0 Å². The summed E-state index contributed by atoms with van der Waals surface area (Å²) in [5.41, 5.74) is 1.37. The molecule has 2 amide bonds. The molecule has 7 heteroatoms. The number of piperidine rings is 1. The minimum absolute atomic E-state index is 0.0812. The lowest BCUT2D eigenvalue weighted by atomic mass is 9.87. The summed E-state index contributed by atoms with van der Waals surface area (Å²) in [6, 6.07) is 7.26. The largest absolute Gasteiger partial charge is 0.345 e. The van der Waals surface area contributed by atoms with Crippen molar-refractivity contribution in [3.63, 3.8) is 0 Å². The van der Waals surface area contributed by atoms with Gasteiger partial charge in [0.05, 0.1) is 0 Å². The fourth-order valence-electron chi connectivity index (χ4n) is 3.34. The van der Waals surface area contributed by atoms with E-state index in [4.69, 9.17) is 0 Å². The first-order valence-corrected chi connectivity index (χ1v) is 8.79. The van der Waals surface area contributed by atoms with Crippen LogP contribution in [0.25, 0.3) is 0 Å². The maximum absolute atomic E-state index is 13.2. The van der Waals surface area contributed by atoms with Crippen LogP contribution in [0.15, 0.2) is 36.7 Å². The van der Waals surface area contributed by atoms with Crippen molar-refractivity contribution in [2.24, 2.45) is 0 Å². The number of amides is 2. The molecule has 1 aliphatic rings. The molecule has 0 bridgehead atoms. The predicted octanol–water partition coefficient (Wildman–Crippen LogP) is 1.61. The average molecular weight is 355 g/mol. The Labute approximate surface area is 153 Å². The maximum atomic E-state index is 13.2. The molecule has 0 atom stereocenters. The van der Waals surface area contributed by atoms with Gasteiger partial charge in [0, 0.05) is 37.7 Å². The van der Waals surface area contributed by atoms with Gasteiger partial charge in [0.1, 0.15) is 5.54 Å². The van der Waals surface area contributed by atoms with Crippen molar-refractivity contribution in [1.82, 2.24) is 20.0 Å². The van der Waals surface area contributed by atoms with Crippen LogP contribution < -0.4 is 10.6 Å². The summed E-state index contributed by atoms with van der Waals surface area (Å²) in [7, 11) is 3.43. The van der Waals surface area contributed by atoms with E-state index >= 15 is 0 Å². The molecule has 2 N–H and O–H groups in total. The molecule has 0 spiro atoms. The minimum atomic E-state index is -0.717. The van der Waals surface area contributed by atoms with Crippen molar-refractivity contribution in [2.45, 2.75) is 25.3 Å². The van der Waals surface area contributed by atoms with E-state index in [2.05, 4.69) is 15.7 Å². The standard InChI is InChI=1S/C19H25N5O2/c1-14-5-6-15(13-16(14)17(25)23(2)3)22-18(26)19(7-10-20-11-8-19)24-12-4-9-21-24/h4-6,9,12-13,20H,7-8,10-11H2,1-3H3,(H,22,26). The van der Waals surface area contributed by atoms with Gasteiger partial charge in [-0.3, -0.25) is 14.3 Å². The highest BCUT2D eigenvalue weighted by molar-refractivity contribution is 6.00. The number of carbonyl (C=O) groups is 2. The molecule has 1 aromatic heterocycles. The average Bonchev–Trinajstić information content (AvgIpc) is 3.18. The summed E-state index contributed by atoms with van der Waals surface area (Å²) in [5.74, 6) is -0.183. The first kappa shape index (κ1) is 18.1. The van der Waals surface area contributed by atoms with Gasteiger partial charge in [0.15, 0.2) is 0 Å². The molecule has 1 aromatic carbocycles. The Morgan fingerprint density at radius 2 is 2.00 bits per heavy atom. The lowest BCUT2D eigenvalue weighted by Crippen LogP contribution is -2.52. The SMILES string of the molecule is Cc1ccc(NC(=O)C2(n3cccn3)CCNCC2)cc1C(=O)N(C)C. The van der Waals surface area contributed by atoms with Crippen molar-refractivity contribution in [3.05, 3.63) is 47.8 Å². The van der Waals surface area contributed by atoms with Crippen LogP contribution in [0.2, 0.25) is 0 Å². The van der Waals surface area contributed by atoms with Gasteiger partial charge in [-0.05, 0) is 56.6 Å². The zero-order valence-electron chi connectivity index (χ0n) is 15.5. The number of nitrogens with zero attached hydrogens (tertiary/aromatic N) is 3. The van der Waals surface area contributed by atoms with E-state index in [1.54, 1.807) is 31.0 Å². The van der Waals surface area contributed by atoms with E-state index < -0.39 is 5.54 Å². The van der Waals surface area contributed by atoms with Gasteiger partial charge in [-0.25, -0.2) is 0 Å². The van der Waals surface area contributed by atoms with Crippen LogP contribution >= 0.6 is 0 Å². The van der Waals surface area contributed by atoms with Crippen molar-refractivity contribution >= 4 is 17.5 Å². The highest BCUT2D eigenvalue weighted by Crippen LogP contribution is 2.29. The van der Waals surface area contributed by atoms with Gasteiger partial charge in [0.25, 0.3) is 11.8 Å². The van der Waals surface area contributed by atoms with Crippen LogP contribution in [0.3, 0.4) is 0 Å². The Morgan fingerprint density at radius 3 is 2.62 bits per heavy atom. The van der Waals surface area contributed by atoms with Gasteiger partial charge in [-0.2, -0.15) is 5.10 Å². The van der Waals surface area contributed by atoms with Crippen molar-refractivity contribution in [2.75, 3.05) is 32.5 Å². The number of aryl methyl sites for hydroxylation is 1. The van der Waals surface area contributed by atoms with E-state index in [0.717, 1.165) is 18.7 Å². The van der Waals surface area contributed by atoms with E-state index in [9.17, 15) is 9.59 Å². The third-order valence-corrected chi connectivity index (χ3v) is 4.93. The Morgan fingerprint density at radius 1 is 1.27 bits per heavy atom. The fraction of sp³-hybridized carbons (Fsp3) is 0.421. The summed E-state index contributed by atoms with van der Waals surface area (Å²) in [6.07, 6.45) is 4.85. The lowest BCUT2D eigenvalue weighted by Gasteiger charge is -2.36. The van der Waals surface area contributed by atoms with Gasteiger partial charge in [-0.1, -0.05) is 6.07 Å². The summed E-state index contributed by atoms with van der Waals surface area (Å²) in [6.45, 7) is 3.40. The monoisotopic (exact) mass is 355 g/mol. The second-order valence-electron chi connectivity index (χ2n) is 6.92. The second-order valence-corrected chi connectivity index (χ2v) is 6.92. The summed E-state index contributed by atoms with van der Waals surface area (Å²) in [5, 5.41) is 10.6. The smallest absolute Gasteiger partial charge is 0.253 e. The Hall–Kier alpha value is -2.67. The summed E-state index contributed by atoms with van der Waals surface area (Å²) >= 11 is 0. The topological polar surface area (TPSA) is 79.3 Å². The molecule has 0 radical (unpaired) electrons. The van der Waals surface area contributed by atoms with Gasteiger partial charge in [0.2, 0.25) is 0 Å². The molecule has 0 unspecified atom stereocenters. The molecule has 2 aromatic rings. The van der Waals surface area contributed by atoms with Crippen LogP contribution in [-0.4, -0.2) is 53.7 Å². The third-order valence-electron chi connectivity index (χ3n) is 4.93. The molecular weight excluding hydrogens is 330 g/mol. The summed E-state index contributed by atoms with van der Waals surface area (Å²) in [4.78, 5) is 27.1. The highest BCUT2D eigenvalue weighted by Gasteiger charge is 2.42. The van der Waals surface area contributed by atoms with Crippen LogP contribution in [-0.2, 0) is 10.3 Å². The molecule has 26 heavy (non-hydrogen) atoms. The number of benzene rings is 1. The van der Waals surface area contributed by atoms with E-state index in [0.29, 0.717) is 24.1 Å². The molecule has 7 nitrogen and oxygen atoms in total. The van der Waals surface area contributed by atoms with Gasteiger partial charge >= 0.3 is 0 Å². The van der Waals surface area contributed by atoms with Crippen LogP contribution in [0, 0.1) is 6.92 Å². The van der Waals surface area contributed by atoms with Crippen LogP contribution in [0.1, 0.15) is 28.8 Å². The number of anilines is 1. The first-order valence-electron chi connectivity index (χ1n) is 8.79. The van der Waals surface area contributed by atoms with Crippen LogP contribution in [0.4, 0.5) is 5.69 Å². The van der Waals surface area contributed by atoms with Gasteiger partial charge in [-0.15, -0.1) is 0 Å². The summed E-state index contributed by atoms with van der Waals surface area (Å²) < 4.78 is 1.75. The first-order chi connectivity index (χ1) is 12.4. The van der Waals surface area contributed by atoms with Gasteiger partial charge < -0.3 is 15.5 Å². The number of carbonyl (C=O) groups excluding carboxylic acids is 2. The zero-order chi connectivity index (χ0) is 18.7. The van der Waals surface area contributed by atoms with E-state index in [-0.39, 0.29) is 11.8 Å². The van der Waals surface area contributed by atoms with Crippen LogP contribution in [0.5, 0.6) is 0 Å². The quantitative estimate of drug-likeness (QED) is 0.873. The molecular formula is C19H25N5O2. The third kappa shape index (κ3) is 3.35. The molecule has 1 saturated heterocycles. The minimum Gasteiger partial charge on any atom is -0.345 e. The van der Waals surface area contributed by atoms with Crippen molar-refractivity contribution < 1.29 is 9.59 Å². The maximum Gasteiger partial charge on any atom is 0.253 e. The molecule has 1 fully saturated rings. The Bertz CT molecular complexity index is 792. The molecule has 3 rings (SSSR count). The zero-order valence-corrected chi connectivity index (χ0v) is 15.5. The number of nitrogens with one attached hydrogen (secondary N) is 2. The number of aromatic nitrogens is 2. The Kier molecular flexibility index (Phi) is 5.08. The Balaban J connectivity index is 1.89. The fourth-order valence-corrected chi connectivity index (χ4v) is 3.34. The van der Waals surface area contributed by atoms with E-state index in [1.165, 1.54) is 4.90 Å². The molecule has 2 heterocycles.